The molecule has 200 valence electrons. The summed E-state index contributed by atoms with van der Waals surface area (Å²) in [6.07, 6.45) is 3.17. The normalized spacial score (nSPS) is 11.1. The molecule has 0 aliphatic rings. The molecule has 2 N–H and O–H groups in total. The van der Waals surface area contributed by atoms with Gasteiger partial charge in [-0.25, -0.2) is 13.8 Å². The largest absolute Gasteiger partial charge is 0.497 e. The van der Waals surface area contributed by atoms with Crippen molar-refractivity contribution in [3.8, 4) is 11.5 Å². The molecule has 2 amide bonds. The Morgan fingerprint density at radius 1 is 0.921 bits per heavy atom. The van der Waals surface area contributed by atoms with Crippen LogP contribution < -0.4 is 24.5 Å². The maximum absolute atomic E-state index is 12.3. The molecular formula is C27H30N4O6S. The Labute approximate surface area is 222 Å². The first-order valence-corrected chi connectivity index (χ1v) is 13.6. The smallest absolute Gasteiger partial charge is 0.260 e. The van der Waals surface area contributed by atoms with Gasteiger partial charge in [-0.05, 0) is 66.1 Å². The molecular weight excluding hydrogens is 508 g/mol. The molecule has 0 radical (unpaired) electrons. The van der Waals surface area contributed by atoms with Crippen LogP contribution in [0, 0.1) is 0 Å². The number of sulfonamides is 1. The molecule has 0 saturated carbocycles. The van der Waals surface area contributed by atoms with Crippen molar-refractivity contribution < 1.29 is 27.5 Å². The van der Waals surface area contributed by atoms with E-state index in [-0.39, 0.29) is 12.5 Å². The van der Waals surface area contributed by atoms with Gasteiger partial charge in [-0.15, -0.1) is 0 Å². The van der Waals surface area contributed by atoms with Crippen LogP contribution in [-0.4, -0.2) is 59.5 Å². The van der Waals surface area contributed by atoms with E-state index in [0.29, 0.717) is 29.3 Å². The van der Waals surface area contributed by atoms with E-state index in [9.17, 15) is 18.0 Å². The highest BCUT2D eigenvalue weighted by molar-refractivity contribution is 7.92. The molecule has 11 heteroatoms. The summed E-state index contributed by atoms with van der Waals surface area (Å²) >= 11 is 0. The summed E-state index contributed by atoms with van der Waals surface area (Å²) in [6, 6.07) is 23.0. The topological polar surface area (TPSA) is 126 Å². The van der Waals surface area contributed by atoms with E-state index in [1.54, 1.807) is 48.5 Å². The summed E-state index contributed by atoms with van der Waals surface area (Å²) < 4.78 is 35.9. The van der Waals surface area contributed by atoms with Crippen LogP contribution in [0.4, 0.5) is 5.69 Å². The first-order chi connectivity index (χ1) is 18.2. The Morgan fingerprint density at radius 3 is 2.21 bits per heavy atom. The molecule has 0 unspecified atom stereocenters. The van der Waals surface area contributed by atoms with Crippen LogP contribution in [-0.2, 0) is 26.0 Å². The summed E-state index contributed by atoms with van der Waals surface area (Å²) in [6.45, 7) is -0.0264. The second kappa shape index (κ2) is 13.8. The van der Waals surface area contributed by atoms with E-state index in [1.165, 1.54) is 13.3 Å². The molecule has 0 aromatic heterocycles. The number of carbonyl (C=O) groups is 2. The first-order valence-electron chi connectivity index (χ1n) is 11.7. The second-order valence-corrected chi connectivity index (χ2v) is 10.1. The van der Waals surface area contributed by atoms with Crippen LogP contribution >= 0.6 is 0 Å². The summed E-state index contributed by atoms with van der Waals surface area (Å²) in [5.41, 5.74) is 4.47. The minimum Gasteiger partial charge on any atom is -0.497 e. The molecule has 3 aromatic carbocycles. The van der Waals surface area contributed by atoms with Crippen LogP contribution in [0.1, 0.15) is 11.1 Å². The van der Waals surface area contributed by atoms with Crippen LogP contribution in [0.2, 0.25) is 0 Å². The monoisotopic (exact) mass is 538 g/mol. The van der Waals surface area contributed by atoms with Crippen LogP contribution in [0.3, 0.4) is 0 Å². The Morgan fingerprint density at radius 2 is 1.58 bits per heavy atom. The van der Waals surface area contributed by atoms with E-state index in [0.717, 1.165) is 22.5 Å². The van der Waals surface area contributed by atoms with Crippen molar-refractivity contribution in [1.82, 2.24) is 10.7 Å². The number of ether oxygens (including phenoxy) is 2. The molecule has 3 rings (SSSR count). The predicted octanol–water partition coefficient (Wildman–Crippen LogP) is 2.35. The summed E-state index contributed by atoms with van der Waals surface area (Å²) in [4.78, 5) is 24.3. The number of anilines is 1. The van der Waals surface area contributed by atoms with Crippen molar-refractivity contribution in [2.45, 2.75) is 6.42 Å². The van der Waals surface area contributed by atoms with E-state index >= 15 is 0 Å². The molecule has 0 saturated heterocycles. The number of rotatable bonds is 13. The fourth-order valence-electron chi connectivity index (χ4n) is 3.33. The number of hydrazone groups is 1. The standard InChI is InChI=1S/C27H30N4O6S/c1-36-24-14-10-23(11-15-24)31(38(2,34)35)19-26(32)30-29-18-22-8-12-25(13-9-22)37-20-27(33)28-17-16-21-6-4-3-5-7-21/h3-15,18H,16-17,19-20H2,1-2H3,(H,28,33)(H,30,32)/b29-18-. The Hall–Kier alpha value is -4.38. The van der Waals surface area contributed by atoms with Crippen molar-refractivity contribution in [2.24, 2.45) is 5.10 Å². The van der Waals surface area contributed by atoms with Crippen molar-refractivity contribution in [1.29, 1.82) is 0 Å². The van der Waals surface area contributed by atoms with Crippen LogP contribution in [0.15, 0.2) is 84.0 Å². The van der Waals surface area contributed by atoms with E-state index in [1.807, 2.05) is 30.3 Å². The summed E-state index contributed by atoms with van der Waals surface area (Å²) in [5, 5.41) is 6.71. The van der Waals surface area contributed by atoms with Crippen molar-refractivity contribution in [3.05, 3.63) is 90.0 Å². The SMILES string of the molecule is COc1ccc(N(CC(=O)N/N=C\c2ccc(OCC(=O)NCCc3ccccc3)cc2)S(C)(=O)=O)cc1. The number of nitrogens with one attached hydrogen (secondary N) is 2. The second-order valence-electron chi connectivity index (χ2n) is 8.20. The molecule has 0 atom stereocenters. The van der Waals surface area contributed by atoms with Gasteiger partial charge < -0.3 is 14.8 Å². The molecule has 0 fully saturated rings. The number of hydrogen-bond donors (Lipinski definition) is 2. The minimum absolute atomic E-state index is 0.108. The lowest BCUT2D eigenvalue weighted by molar-refractivity contribution is -0.123. The number of hydrogen-bond acceptors (Lipinski definition) is 7. The third-order valence-electron chi connectivity index (χ3n) is 5.28. The highest BCUT2D eigenvalue weighted by atomic mass is 32.2. The number of carbonyl (C=O) groups excluding carboxylic acids is 2. The van der Waals surface area contributed by atoms with E-state index in [4.69, 9.17) is 9.47 Å². The zero-order chi connectivity index (χ0) is 27.4. The number of nitrogens with zero attached hydrogens (tertiary/aromatic N) is 2. The van der Waals surface area contributed by atoms with Gasteiger partial charge in [-0.3, -0.25) is 13.9 Å². The van der Waals surface area contributed by atoms with Crippen LogP contribution in [0.25, 0.3) is 0 Å². The van der Waals surface area contributed by atoms with Gasteiger partial charge in [0.25, 0.3) is 11.8 Å². The van der Waals surface area contributed by atoms with Gasteiger partial charge in [0.2, 0.25) is 10.0 Å². The van der Waals surface area contributed by atoms with E-state index in [2.05, 4.69) is 15.8 Å². The number of methoxy groups -OCH3 is 1. The quantitative estimate of drug-likeness (QED) is 0.254. The molecule has 3 aromatic rings. The summed E-state index contributed by atoms with van der Waals surface area (Å²) in [7, 11) is -2.20. The lowest BCUT2D eigenvalue weighted by Gasteiger charge is -2.21. The van der Waals surface area contributed by atoms with Crippen molar-refractivity contribution >= 4 is 33.7 Å². The molecule has 10 nitrogen and oxygen atoms in total. The molecule has 0 bridgehead atoms. The first kappa shape index (κ1) is 28.2. The van der Waals surface area contributed by atoms with Gasteiger partial charge in [-0.2, -0.15) is 5.10 Å². The van der Waals surface area contributed by atoms with Gasteiger partial charge in [0, 0.05) is 6.54 Å². The third-order valence-corrected chi connectivity index (χ3v) is 6.42. The zero-order valence-corrected chi connectivity index (χ0v) is 22.0. The Bertz CT molecular complexity index is 1330. The van der Waals surface area contributed by atoms with E-state index < -0.39 is 22.5 Å². The minimum atomic E-state index is -3.71. The molecule has 0 aliphatic carbocycles. The molecule has 0 aliphatic heterocycles. The van der Waals surface area contributed by atoms with Crippen molar-refractivity contribution in [2.75, 3.05) is 37.4 Å². The van der Waals surface area contributed by atoms with Gasteiger partial charge in [0.05, 0.1) is 25.3 Å². The maximum Gasteiger partial charge on any atom is 0.260 e. The highest BCUT2D eigenvalue weighted by Crippen LogP contribution is 2.21. The van der Waals surface area contributed by atoms with Gasteiger partial charge in [-0.1, -0.05) is 30.3 Å². The summed E-state index contributed by atoms with van der Waals surface area (Å²) in [5.74, 6) is 0.246. The molecule has 0 spiro atoms. The van der Waals surface area contributed by atoms with Crippen LogP contribution in [0.5, 0.6) is 11.5 Å². The fraction of sp³-hybridized carbons (Fsp3) is 0.222. The maximum atomic E-state index is 12.3. The van der Waals surface area contributed by atoms with Gasteiger partial charge in [0.15, 0.2) is 6.61 Å². The lowest BCUT2D eigenvalue weighted by atomic mass is 10.1. The fourth-order valence-corrected chi connectivity index (χ4v) is 4.19. The Balaban J connectivity index is 1.43. The van der Waals surface area contributed by atoms with Crippen molar-refractivity contribution in [3.63, 3.8) is 0 Å². The lowest BCUT2D eigenvalue weighted by Crippen LogP contribution is -2.39. The number of benzene rings is 3. The number of amides is 2. The van der Waals surface area contributed by atoms with Gasteiger partial charge in [0.1, 0.15) is 18.0 Å². The van der Waals surface area contributed by atoms with Gasteiger partial charge >= 0.3 is 0 Å². The Kier molecular flexibility index (Phi) is 10.2. The average Bonchev–Trinajstić information content (AvgIpc) is 2.91. The highest BCUT2D eigenvalue weighted by Gasteiger charge is 2.20. The third kappa shape index (κ3) is 9.25. The average molecular weight is 539 g/mol. The molecule has 38 heavy (non-hydrogen) atoms. The molecule has 0 heterocycles. The predicted molar refractivity (Wildman–Crippen MR) is 146 cm³/mol. The zero-order valence-electron chi connectivity index (χ0n) is 21.2.